The summed E-state index contributed by atoms with van der Waals surface area (Å²) in [6, 6.07) is 12.7. The number of benzene rings is 2. The van der Waals surface area contributed by atoms with Crippen LogP contribution in [0.1, 0.15) is 49.5 Å². The van der Waals surface area contributed by atoms with Gasteiger partial charge in [-0.25, -0.2) is 8.42 Å². The topological polar surface area (TPSA) is 95.6 Å². The number of hydrogen-bond donors (Lipinski definition) is 2. The number of nitrogens with one attached hydrogen (secondary N) is 2. The molecule has 168 valence electrons. The third-order valence-corrected chi connectivity index (χ3v) is 6.19. The van der Waals surface area contributed by atoms with Crippen LogP contribution >= 0.6 is 0 Å². The van der Waals surface area contributed by atoms with Gasteiger partial charge in [0.15, 0.2) is 0 Å². The van der Waals surface area contributed by atoms with E-state index >= 15 is 0 Å². The maximum Gasteiger partial charge on any atom is 0.253 e. The summed E-state index contributed by atoms with van der Waals surface area (Å²) in [5.41, 5.74) is 1.97. The number of aryl methyl sites for hydroxylation is 1. The van der Waals surface area contributed by atoms with E-state index in [-0.39, 0.29) is 18.4 Å². The normalized spacial score (nSPS) is 13.2. The summed E-state index contributed by atoms with van der Waals surface area (Å²) in [6.07, 6.45) is 2.12. The number of nitrogens with zero attached hydrogens (tertiary/aromatic N) is 1. The van der Waals surface area contributed by atoms with Crippen molar-refractivity contribution < 1.29 is 18.0 Å². The van der Waals surface area contributed by atoms with Crippen LogP contribution in [0.4, 0.5) is 11.4 Å². The predicted octanol–water partition coefficient (Wildman–Crippen LogP) is 3.71. The number of rotatable bonds is 9. The summed E-state index contributed by atoms with van der Waals surface area (Å²) in [7, 11) is -3.74. The molecule has 0 bridgehead atoms. The van der Waals surface area contributed by atoms with Crippen LogP contribution in [-0.2, 0) is 14.8 Å². The molecule has 31 heavy (non-hydrogen) atoms. The van der Waals surface area contributed by atoms with E-state index in [1.807, 2.05) is 26.8 Å². The lowest BCUT2D eigenvalue weighted by molar-refractivity contribution is -0.117. The monoisotopic (exact) mass is 445 g/mol. The molecule has 0 aliphatic carbocycles. The van der Waals surface area contributed by atoms with E-state index in [1.54, 1.807) is 49.4 Å². The zero-order chi connectivity index (χ0) is 23.2. The smallest absolute Gasteiger partial charge is 0.253 e. The minimum atomic E-state index is -3.74. The first-order chi connectivity index (χ1) is 14.6. The highest BCUT2D eigenvalue weighted by atomic mass is 32.2. The Bertz CT molecular complexity index is 1040. The Morgan fingerprint density at radius 1 is 1.03 bits per heavy atom. The second kappa shape index (κ2) is 10.4. The zero-order valence-corrected chi connectivity index (χ0v) is 19.5. The van der Waals surface area contributed by atoms with Crippen molar-refractivity contribution in [2.45, 2.75) is 52.6 Å². The van der Waals surface area contributed by atoms with Gasteiger partial charge in [-0.05, 0) is 56.5 Å². The fraction of sp³-hybridized carbons (Fsp3) is 0.391. The van der Waals surface area contributed by atoms with E-state index < -0.39 is 22.0 Å². The molecule has 0 aliphatic heterocycles. The molecule has 2 unspecified atom stereocenters. The average Bonchev–Trinajstić information content (AvgIpc) is 2.70. The highest BCUT2D eigenvalue weighted by Crippen LogP contribution is 2.25. The van der Waals surface area contributed by atoms with Gasteiger partial charge >= 0.3 is 0 Å². The molecule has 2 amide bonds. The minimum absolute atomic E-state index is 0.0123. The van der Waals surface area contributed by atoms with Gasteiger partial charge in [-0.2, -0.15) is 0 Å². The summed E-state index contributed by atoms with van der Waals surface area (Å²) in [4.78, 5) is 25.8. The first-order valence-corrected chi connectivity index (χ1v) is 12.2. The second-order valence-corrected chi connectivity index (χ2v) is 9.50. The molecular formula is C23H31N3O4S. The molecule has 2 N–H and O–H groups in total. The number of hydrogen-bond acceptors (Lipinski definition) is 4. The van der Waals surface area contributed by atoms with Crippen molar-refractivity contribution in [3.63, 3.8) is 0 Å². The molecule has 0 radical (unpaired) electrons. The van der Waals surface area contributed by atoms with E-state index in [0.29, 0.717) is 16.9 Å². The van der Waals surface area contributed by atoms with Crippen molar-refractivity contribution in [1.29, 1.82) is 0 Å². The Morgan fingerprint density at radius 2 is 1.71 bits per heavy atom. The Labute approximate surface area is 184 Å². The molecule has 2 aromatic carbocycles. The number of sulfonamides is 1. The van der Waals surface area contributed by atoms with Gasteiger partial charge in [0.2, 0.25) is 15.9 Å². The molecule has 8 heteroatoms. The summed E-state index contributed by atoms with van der Waals surface area (Å²) in [5.74, 6) is -0.796. The third kappa shape index (κ3) is 6.30. The Kier molecular flexibility index (Phi) is 8.21. The number of para-hydroxylation sites is 1. The van der Waals surface area contributed by atoms with Crippen molar-refractivity contribution in [3.05, 3.63) is 59.7 Å². The van der Waals surface area contributed by atoms with Crippen LogP contribution in [-0.4, -0.2) is 38.6 Å². The van der Waals surface area contributed by atoms with Crippen LogP contribution in [0.3, 0.4) is 0 Å². The van der Waals surface area contributed by atoms with Crippen molar-refractivity contribution in [2.75, 3.05) is 15.9 Å². The van der Waals surface area contributed by atoms with Gasteiger partial charge in [0, 0.05) is 6.04 Å². The number of carbonyl (C=O) groups is 2. The van der Waals surface area contributed by atoms with Gasteiger partial charge in [-0.1, -0.05) is 38.1 Å². The van der Waals surface area contributed by atoms with E-state index in [1.165, 1.54) is 0 Å². The van der Waals surface area contributed by atoms with E-state index in [4.69, 9.17) is 0 Å². The SMILES string of the molecule is CCC(C)NC(=O)c1ccccc1NC(=O)C(CC)N(c1cccc(C)c1)S(C)(=O)=O. The van der Waals surface area contributed by atoms with Gasteiger partial charge in [0.25, 0.3) is 5.91 Å². The van der Waals surface area contributed by atoms with Crippen LogP contribution in [0.15, 0.2) is 48.5 Å². The van der Waals surface area contributed by atoms with Crippen LogP contribution in [0.25, 0.3) is 0 Å². The summed E-state index contributed by atoms with van der Waals surface area (Å²) in [6.45, 7) is 7.48. The summed E-state index contributed by atoms with van der Waals surface area (Å²) in [5, 5.41) is 5.65. The summed E-state index contributed by atoms with van der Waals surface area (Å²) >= 11 is 0. The largest absolute Gasteiger partial charge is 0.350 e. The van der Waals surface area contributed by atoms with Crippen molar-refractivity contribution in [2.24, 2.45) is 0 Å². The first kappa shape index (κ1) is 24.4. The Hall–Kier alpha value is -2.87. The van der Waals surface area contributed by atoms with E-state index in [9.17, 15) is 18.0 Å². The molecule has 2 rings (SSSR count). The standard InChI is InChI=1S/C23H31N3O4S/c1-6-17(4)24-22(27)19-13-8-9-14-20(19)25-23(28)21(7-2)26(31(5,29)30)18-12-10-11-16(3)15-18/h8-15,17,21H,6-7H2,1-5H3,(H,24,27)(H,25,28). The maximum atomic E-state index is 13.2. The van der Waals surface area contributed by atoms with Crippen LogP contribution < -0.4 is 14.9 Å². The molecule has 2 aromatic rings. The molecule has 0 spiro atoms. The van der Waals surface area contributed by atoms with Crippen molar-refractivity contribution in [3.8, 4) is 0 Å². The molecule has 0 saturated heterocycles. The van der Waals surface area contributed by atoms with Gasteiger partial charge in [0.05, 0.1) is 23.2 Å². The lowest BCUT2D eigenvalue weighted by Crippen LogP contribution is -2.47. The van der Waals surface area contributed by atoms with E-state index in [0.717, 1.165) is 22.5 Å². The van der Waals surface area contributed by atoms with Gasteiger partial charge < -0.3 is 10.6 Å². The van der Waals surface area contributed by atoms with E-state index in [2.05, 4.69) is 10.6 Å². The minimum Gasteiger partial charge on any atom is -0.350 e. The fourth-order valence-corrected chi connectivity index (χ4v) is 4.44. The highest BCUT2D eigenvalue weighted by molar-refractivity contribution is 7.92. The van der Waals surface area contributed by atoms with Crippen LogP contribution in [0.2, 0.25) is 0 Å². The number of amides is 2. The van der Waals surface area contributed by atoms with Gasteiger partial charge in [-0.3, -0.25) is 13.9 Å². The van der Waals surface area contributed by atoms with Gasteiger partial charge in [0.1, 0.15) is 6.04 Å². The van der Waals surface area contributed by atoms with Crippen LogP contribution in [0.5, 0.6) is 0 Å². The highest BCUT2D eigenvalue weighted by Gasteiger charge is 2.32. The molecule has 0 heterocycles. The predicted molar refractivity (Wildman–Crippen MR) is 125 cm³/mol. The maximum absolute atomic E-state index is 13.2. The summed E-state index contributed by atoms with van der Waals surface area (Å²) < 4.78 is 26.4. The Morgan fingerprint density at radius 3 is 2.29 bits per heavy atom. The van der Waals surface area contributed by atoms with Crippen molar-refractivity contribution in [1.82, 2.24) is 5.32 Å². The Balaban J connectivity index is 2.37. The molecule has 0 saturated carbocycles. The van der Waals surface area contributed by atoms with Gasteiger partial charge in [-0.15, -0.1) is 0 Å². The molecule has 2 atom stereocenters. The molecule has 0 aromatic heterocycles. The lowest BCUT2D eigenvalue weighted by Gasteiger charge is -2.30. The molecule has 0 fully saturated rings. The number of carbonyl (C=O) groups excluding carboxylic acids is 2. The molecular weight excluding hydrogens is 414 g/mol. The second-order valence-electron chi connectivity index (χ2n) is 7.64. The number of anilines is 2. The third-order valence-electron chi connectivity index (χ3n) is 5.01. The lowest BCUT2D eigenvalue weighted by atomic mass is 10.1. The molecule has 0 aliphatic rings. The van der Waals surface area contributed by atoms with Crippen LogP contribution in [0, 0.1) is 6.92 Å². The first-order valence-electron chi connectivity index (χ1n) is 10.3. The molecule has 7 nitrogen and oxygen atoms in total. The quantitative estimate of drug-likeness (QED) is 0.615. The zero-order valence-electron chi connectivity index (χ0n) is 18.7. The average molecular weight is 446 g/mol. The van der Waals surface area contributed by atoms with Crippen molar-refractivity contribution >= 4 is 33.2 Å². The fourth-order valence-electron chi connectivity index (χ4n) is 3.24.